The third-order valence-corrected chi connectivity index (χ3v) is 9.51. The minimum absolute atomic E-state index is 0.0106. The van der Waals surface area contributed by atoms with E-state index in [4.69, 9.17) is 9.47 Å². The topological polar surface area (TPSA) is 124 Å². The van der Waals surface area contributed by atoms with Crippen molar-refractivity contribution in [1.29, 1.82) is 0 Å². The van der Waals surface area contributed by atoms with Crippen molar-refractivity contribution in [3.63, 3.8) is 0 Å². The summed E-state index contributed by atoms with van der Waals surface area (Å²) in [4.78, 5) is 47.5. The summed E-state index contributed by atoms with van der Waals surface area (Å²) in [6.45, 7) is 5.55. The number of halogens is 1. The maximum Gasteiger partial charge on any atom is 0.410 e. The van der Waals surface area contributed by atoms with E-state index in [2.05, 4.69) is 10.3 Å². The van der Waals surface area contributed by atoms with Crippen molar-refractivity contribution < 1.29 is 33.4 Å². The van der Waals surface area contributed by atoms with Crippen LogP contribution in [0.1, 0.15) is 69.9 Å². The lowest BCUT2D eigenvalue weighted by atomic mass is 9.83. The number of carbonyl (C=O) groups is 3. The Bertz CT molecular complexity index is 1570. The number of benzene rings is 2. The molecule has 46 heavy (non-hydrogen) atoms. The first kappa shape index (κ1) is 31.8. The van der Waals surface area contributed by atoms with Crippen molar-refractivity contribution >= 4 is 29.0 Å². The third kappa shape index (κ3) is 6.56. The Morgan fingerprint density at radius 2 is 1.76 bits per heavy atom. The first-order chi connectivity index (χ1) is 22.0. The summed E-state index contributed by atoms with van der Waals surface area (Å²) in [5.74, 6) is -1.19. The largest absolute Gasteiger partial charge is 0.445 e. The molecule has 10 nitrogen and oxygen atoms in total. The van der Waals surface area contributed by atoms with Crippen LogP contribution in [0.15, 0.2) is 54.7 Å². The van der Waals surface area contributed by atoms with Gasteiger partial charge in [0.15, 0.2) is 0 Å². The summed E-state index contributed by atoms with van der Waals surface area (Å²) in [7, 11) is 0. The Hall–Kier alpha value is -4.12. The molecular weight excluding hydrogens is 591 g/mol. The second-order valence-electron chi connectivity index (χ2n) is 13.8. The normalized spacial score (nSPS) is 24.1. The number of hydrogen-bond acceptors (Lipinski definition) is 6. The van der Waals surface area contributed by atoms with Crippen molar-refractivity contribution in [3.8, 4) is 0 Å². The number of aromatic nitrogens is 1. The van der Waals surface area contributed by atoms with Crippen molar-refractivity contribution in [1.82, 2.24) is 20.1 Å². The van der Waals surface area contributed by atoms with Gasteiger partial charge in [0.25, 0.3) is 0 Å². The van der Waals surface area contributed by atoms with Gasteiger partial charge >= 0.3 is 12.2 Å². The van der Waals surface area contributed by atoms with Crippen molar-refractivity contribution in [2.24, 2.45) is 5.92 Å². The van der Waals surface area contributed by atoms with Gasteiger partial charge in [0.2, 0.25) is 5.91 Å². The quantitative estimate of drug-likeness (QED) is 0.331. The van der Waals surface area contributed by atoms with Crippen LogP contribution in [-0.4, -0.2) is 80.9 Å². The molecular formula is C35H43FN4O6. The van der Waals surface area contributed by atoms with Crippen LogP contribution in [0.5, 0.6) is 0 Å². The maximum absolute atomic E-state index is 14.6. The lowest BCUT2D eigenvalue weighted by Gasteiger charge is -2.36. The van der Waals surface area contributed by atoms with Gasteiger partial charge in [0.1, 0.15) is 24.1 Å². The van der Waals surface area contributed by atoms with Crippen molar-refractivity contribution in [3.05, 3.63) is 71.7 Å². The highest BCUT2D eigenvalue weighted by Gasteiger charge is 2.58. The summed E-state index contributed by atoms with van der Waals surface area (Å²) >= 11 is 0. The molecule has 2 saturated heterocycles. The number of alkyl carbamates (subject to hydrolysis) is 1. The highest BCUT2D eigenvalue weighted by Crippen LogP contribution is 2.44. The molecule has 3 aliphatic rings. The number of β-amino-alcohol motifs (C(OH)–C–C–N with tert-alkyl or cyclic N) is 1. The van der Waals surface area contributed by atoms with Gasteiger partial charge in [-0.3, -0.25) is 9.69 Å². The third-order valence-electron chi connectivity index (χ3n) is 9.51. The van der Waals surface area contributed by atoms with Gasteiger partial charge in [0.05, 0.1) is 18.2 Å². The van der Waals surface area contributed by atoms with Gasteiger partial charge in [-0.25, -0.2) is 14.0 Å². The summed E-state index contributed by atoms with van der Waals surface area (Å²) in [6.07, 6.45) is 4.04. The van der Waals surface area contributed by atoms with Crippen LogP contribution in [0.4, 0.5) is 14.0 Å². The zero-order valence-electron chi connectivity index (χ0n) is 26.6. The van der Waals surface area contributed by atoms with Gasteiger partial charge < -0.3 is 29.8 Å². The Kier molecular flexibility index (Phi) is 8.96. The number of aliphatic hydroxyl groups excluding tert-OH is 1. The summed E-state index contributed by atoms with van der Waals surface area (Å²) < 4.78 is 25.4. The zero-order chi connectivity index (χ0) is 32.6. The molecule has 246 valence electrons. The zero-order valence-corrected chi connectivity index (χ0v) is 26.6. The fourth-order valence-corrected chi connectivity index (χ4v) is 7.54. The molecule has 6 rings (SSSR count). The van der Waals surface area contributed by atoms with E-state index in [9.17, 15) is 23.9 Å². The number of rotatable bonds is 6. The van der Waals surface area contributed by atoms with E-state index in [1.54, 1.807) is 37.9 Å². The lowest BCUT2D eigenvalue weighted by molar-refractivity contribution is -0.136. The highest BCUT2D eigenvalue weighted by molar-refractivity contribution is 5.88. The fraction of sp³-hybridized carbons (Fsp3) is 0.514. The van der Waals surface area contributed by atoms with Crippen LogP contribution in [0.2, 0.25) is 0 Å². The monoisotopic (exact) mass is 634 g/mol. The maximum atomic E-state index is 14.6. The Labute approximate surface area is 268 Å². The van der Waals surface area contributed by atoms with Gasteiger partial charge in [-0.1, -0.05) is 49.6 Å². The molecule has 11 heteroatoms. The second kappa shape index (κ2) is 12.9. The van der Waals surface area contributed by atoms with E-state index in [1.165, 1.54) is 17.0 Å². The number of likely N-dealkylation sites (tertiary alicyclic amines) is 2. The van der Waals surface area contributed by atoms with Gasteiger partial charge in [-0.05, 0) is 68.9 Å². The fourth-order valence-electron chi connectivity index (χ4n) is 7.54. The number of H-pyrrole nitrogens is 1. The molecule has 0 radical (unpaired) electrons. The molecule has 3 N–H and O–H groups in total. The number of hydrogen-bond donors (Lipinski definition) is 3. The summed E-state index contributed by atoms with van der Waals surface area (Å²) in [5, 5.41) is 15.2. The summed E-state index contributed by atoms with van der Waals surface area (Å²) in [5.41, 5.74) is 1.49. The SMILES string of the molecule is CC(C)(C)OC(=O)NC(C(=O)N1CC(O)[C@@H]2[C@H]1[C@@H](c1c[nH]c3cc(F)ccc13)CN2C(=O)OCc1ccccc1)C1CCCCC1. The number of fused-ring (bicyclic) bond motifs is 2. The molecule has 3 aromatic rings. The number of amides is 3. The minimum Gasteiger partial charge on any atom is -0.445 e. The molecule has 3 amide bonds. The molecule has 2 aromatic carbocycles. The van der Waals surface area contributed by atoms with Gasteiger partial charge in [0, 0.05) is 36.1 Å². The molecule has 1 saturated carbocycles. The van der Waals surface area contributed by atoms with Gasteiger partial charge in [-0.2, -0.15) is 0 Å². The highest BCUT2D eigenvalue weighted by atomic mass is 19.1. The molecule has 2 unspecified atom stereocenters. The predicted molar refractivity (Wildman–Crippen MR) is 169 cm³/mol. The van der Waals surface area contributed by atoms with E-state index >= 15 is 0 Å². The van der Waals surface area contributed by atoms with Crippen LogP contribution in [0.25, 0.3) is 10.9 Å². The first-order valence-corrected chi connectivity index (χ1v) is 16.2. The average Bonchev–Trinajstić information content (AvgIpc) is 3.72. The van der Waals surface area contributed by atoms with E-state index in [0.29, 0.717) is 5.52 Å². The lowest BCUT2D eigenvalue weighted by Crippen LogP contribution is -2.55. The first-order valence-electron chi connectivity index (χ1n) is 16.2. The van der Waals surface area contributed by atoms with Crippen molar-refractivity contribution in [2.45, 2.75) is 95.2 Å². The molecule has 5 atom stereocenters. The molecule has 1 aliphatic carbocycles. The Balaban J connectivity index is 1.33. The molecule has 1 aromatic heterocycles. The Morgan fingerprint density at radius 3 is 2.48 bits per heavy atom. The number of nitrogens with zero attached hydrogens (tertiary/aromatic N) is 2. The second-order valence-corrected chi connectivity index (χ2v) is 13.8. The van der Waals surface area contributed by atoms with E-state index in [0.717, 1.165) is 48.6 Å². The minimum atomic E-state index is -1.04. The van der Waals surface area contributed by atoms with Crippen LogP contribution < -0.4 is 5.32 Å². The van der Waals surface area contributed by atoms with E-state index in [-0.39, 0.29) is 37.3 Å². The van der Waals surface area contributed by atoms with Crippen LogP contribution >= 0.6 is 0 Å². The number of nitrogens with one attached hydrogen (secondary N) is 2. The Morgan fingerprint density at radius 1 is 1.02 bits per heavy atom. The molecule has 3 fully saturated rings. The van der Waals surface area contributed by atoms with Gasteiger partial charge in [-0.15, -0.1) is 0 Å². The number of aliphatic hydroxyl groups is 1. The predicted octanol–water partition coefficient (Wildman–Crippen LogP) is 5.46. The number of ether oxygens (including phenoxy) is 2. The number of carbonyl (C=O) groups excluding carboxylic acids is 3. The smallest absolute Gasteiger partial charge is 0.410 e. The molecule has 2 aliphatic heterocycles. The van der Waals surface area contributed by atoms with Crippen LogP contribution in [-0.2, 0) is 20.9 Å². The standard InChI is InChI=1S/C35H43FN4O6/c1-35(2,3)46-33(43)38-29(22-12-8-5-9-13-22)32(42)39-19-28(41)31-30(39)26(25-17-37-27-16-23(36)14-15-24(25)27)18-40(31)34(44)45-20-21-10-6-4-7-11-21/h4,6-7,10-11,14-17,22,26,28-31,37,41H,5,8-9,12-13,18-20H2,1-3H3,(H,38,43)/t26-,28?,29?,30-,31-/m1/s1. The van der Waals surface area contributed by atoms with Crippen LogP contribution in [0.3, 0.4) is 0 Å². The molecule has 0 bridgehead atoms. The van der Waals surface area contributed by atoms with E-state index in [1.807, 2.05) is 30.3 Å². The number of aromatic amines is 1. The average molecular weight is 635 g/mol. The molecule has 3 heterocycles. The van der Waals surface area contributed by atoms with Crippen molar-refractivity contribution in [2.75, 3.05) is 13.1 Å². The molecule has 0 spiro atoms. The van der Waals surface area contributed by atoms with E-state index < -0.39 is 47.9 Å². The van der Waals surface area contributed by atoms with Crippen LogP contribution in [0, 0.1) is 11.7 Å². The summed E-state index contributed by atoms with van der Waals surface area (Å²) in [6, 6.07) is 11.6.